The minimum absolute atomic E-state index is 0.00511. The fourth-order valence-electron chi connectivity index (χ4n) is 2.58. The summed E-state index contributed by atoms with van der Waals surface area (Å²) in [7, 11) is 0. The Labute approximate surface area is 162 Å². The average Bonchev–Trinajstić information content (AvgIpc) is 2.68. The fourth-order valence-corrected chi connectivity index (χ4v) is 2.58. The van der Waals surface area contributed by atoms with Gasteiger partial charge in [-0.25, -0.2) is 0 Å². The first-order chi connectivity index (χ1) is 12.8. The van der Waals surface area contributed by atoms with E-state index in [-0.39, 0.29) is 23.1 Å². The highest BCUT2D eigenvalue weighted by Crippen LogP contribution is 2.20. The Morgan fingerprint density at radius 3 is 1.93 bits per heavy atom. The lowest BCUT2D eigenvalue weighted by atomic mass is 9.96. The van der Waals surface area contributed by atoms with Crippen molar-refractivity contribution in [1.82, 2.24) is 0 Å². The number of carbonyl (C=O) groups is 2. The molecule has 0 saturated heterocycles. The maximum Gasteiger partial charge on any atom is 0.255 e. The molecule has 0 aliphatic carbocycles. The van der Waals surface area contributed by atoms with Gasteiger partial charge >= 0.3 is 0 Å². The summed E-state index contributed by atoms with van der Waals surface area (Å²) in [5.41, 5.74) is 2.96. The zero-order valence-electron chi connectivity index (χ0n) is 16.9. The molecule has 0 fully saturated rings. The summed E-state index contributed by atoms with van der Waals surface area (Å²) in [5, 5.41) is 6.36. The van der Waals surface area contributed by atoms with Gasteiger partial charge in [0, 0.05) is 34.0 Å². The van der Waals surface area contributed by atoms with E-state index in [0.29, 0.717) is 11.1 Å². The van der Waals surface area contributed by atoms with E-state index in [4.69, 9.17) is 0 Å². The van der Waals surface area contributed by atoms with E-state index in [1.165, 1.54) is 0 Å². The van der Waals surface area contributed by atoms with Crippen LogP contribution in [0.25, 0.3) is 0 Å². The standard InChI is InChI=1S/C23H30N2O2/c1-6-16(3)21(26)17-8-10-18(11-9-17)22(27)24-19-12-14-20(15-13-19)25-23(4,5)7-2/h8-16,25H,6-7H2,1-5H3,(H,24,27). The van der Waals surface area contributed by atoms with E-state index >= 15 is 0 Å². The van der Waals surface area contributed by atoms with Gasteiger partial charge in [-0.2, -0.15) is 0 Å². The van der Waals surface area contributed by atoms with Crippen LogP contribution in [0.5, 0.6) is 0 Å². The summed E-state index contributed by atoms with van der Waals surface area (Å²) < 4.78 is 0. The normalized spacial score (nSPS) is 12.3. The topological polar surface area (TPSA) is 58.2 Å². The van der Waals surface area contributed by atoms with Gasteiger partial charge in [0.05, 0.1) is 0 Å². The van der Waals surface area contributed by atoms with E-state index in [0.717, 1.165) is 24.2 Å². The predicted molar refractivity (Wildman–Crippen MR) is 113 cm³/mol. The first-order valence-corrected chi connectivity index (χ1v) is 9.59. The lowest BCUT2D eigenvalue weighted by Gasteiger charge is -2.26. The monoisotopic (exact) mass is 366 g/mol. The number of nitrogens with one attached hydrogen (secondary N) is 2. The number of hydrogen-bond donors (Lipinski definition) is 2. The molecule has 1 atom stereocenters. The predicted octanol–water partition coefficient (Wildman–Crippen LogP) is 5.77. The fraction of sp³-hybridized carbons (Fsp3) is 0.391. The first kappa shape index (κ1) is 20.7. The second-order valence-electron chi connectivity index (χ2n) is 7.64. The van der Waals surface area contributed by atoms with Gasteiger partial charge in [0.15, 0.2) is 5.78 Å². The highest BCUT2D eigenvalue weighted by atomic mass is 16.1. The molecule has 0 saturated carbocycles. The van der Waals surface area contributed by atoms with Crippen LogP contribution in [0.1, 0.15) is 68.2 Å². The third-order valence-electron chi connectivity index (χ3n) is 5.00. The van der Waals surface area contributed by atoms with Crippen LogP contribution in [0.15, 0.2) is 48.5 Å². The lowest BCUT2D eigenvalue weighted by molar-refractivity contribution is 0.0926. The van der Waals surface area contributed by atoms with Crippen LogP contribution in [0.4, 0.5) is 11.4 Å². The highest BCUT2D eigenvalue weighted by Gasteiger charge is 2.15. The largest absolute Gasteiger partial charge is 0.380 e. The maximum atomic E-state index is 12.4. The number of benzene rings is 2. The van der Waals surface area contributed by atoms with Crippen LogP contribution in [-0.2, 0) is 0 Å². The van der Waals surface area contributed by atoms with Gasteiger partial charge in [-0.05, 0) is 63.1 Å². The van der Waals surface area contributed by atoms with Gasteiger partial charge in [0.25, 0.3) is 5.91 Å². The van der Waals surface area contributed by atoms with E-state index in [2.05, 4.69) is 31.4 Å². The Morgan fingerprint density at radius 2 is 1.41 bits per heavy atom. The molecule has 0 spiro atoms. The quantitative estimate of drug-likeness (QED) is 0.583. The number of carbonyl (C=O) groups excluding carboxylic acids is 2. The molecular weight excluding hydrogens is 336 g/mol. The molecule has 4 nitrogen and oxygen atoms in total. The molecule has 0 aromatic heterocycles. The van der Waals surface area contributed by atoms with Crippen molar-refractivity contribution in [3.63, 3.8) is 0 Å². The number of Topliss-reactive ketones (excluding diaryl/α,β-unsaturated/α-hetero) is 1. The van der Waals surface area contributed by atoms with Gasteiger partial charge in [-0.3, -0.25) is 9.59 Å². The van der Waals surface area contributed by atoms with Gasteiger partial charge in [-0.15, -0.1) is 0 Å². The van der Waals surface area contributed by atoms with Crippen LogP contribution in [0.3, 0.4) is 0 Å². The van der Waals surface area contributed by atoms with Crippen molar-refractivity contribution in [2.45, 2.75) is 53.0 Å². The molecule has 0 heterocycles. The van der Waals surface area contributed by atoms with Crippen LogP contribution >= 0.6 is 0 Å². The molecule has 2 aromatic carbocycles. The summed E-state index contributed by atoms with van der Waals surface area (Å²) in [4.78, 5) is 24.6. The summed E-state index contributed by atoms with van der Waals surface area (Å²) in [5.74, 6) is -0.0795. The molecule has 1 unspecified atom stereocenters. The molecule has 4 heteroatoms. The first-order valence-electron chi connectivity index (χ1n) is 9.59. The van der Waals surface area contributed by atoms with Crippen molar-refractivity contribution in [3.8, 4) is 0 Å². The number of rotatable bonds is 8. The minimum atomic E-state index is -0.188. The van der Waals surface area contributed by atoms with Crippen LogP contribution < -0.4 is 10.6 Å². The van der Waals surface area contributed by atoms with Crippen molar-refractivity contribution < 1.29 is 9.59 Å². The smallest absolute Gasteiger partial charge is 0.255 e. The van der Waals surface area contributed by atoms with Crippen LogP contribution in [0.2, 0.25) is 0 Å². The number of anilines is 2. The molecule has 2 aromatic rings. The molecule has 27 heavy (non-hydrogen) atoms. The molecule has 1 amide bonds. The maximum absolute atomic E-state index is 12.4. The molecule has 2 rings (SSSR count). The molecule has 0 aliphatic heterocycles. The molecule has 0 bridgehead atoms. The summed E-state index contributed by atoms with van der Waals surface area (Å²) in [6.45, 7) is 10.4. The molecular formula is C23H30N2O2. The summed E-state index contributed by atoms with van der Waals surface area (Å²) >= 11 is 0. The van der Waals surface area contributed by atoms with Crippen molar-refractivity contribution in [2.75, 3.05) is 10.6 Å². The Bertz CT molecular complexity index is 777. The highest BCUT2D eigenvalue weighted by molar-refractivity contribution is 6.05. The summed E-state index contributed by atoms with van der Waals surface area (Å²) in [6.07, 6.45) is 1.82. The van der Waals surface area contributed by atoms with Crippen molar-refractivity contribution >= 4 is 23.1 Å². The second-order valence-corrected chi connectivity index (χ2v) is 7.64. The third kappa shape index (κ3) is 5.68. The van der Waals surface area contributed by atoms with Crippen molar-refractivity contribution in [2.24, 2.45) is 5.92 Å². The summed E-state index contributed by atoms with van der Waals surface area (Å²) in [6, 6.07) is 14.5. The molecule has 0 radical (unpaired) electrons. The zero-order chi connectivity index (χ0) is 20.0. The van der Waals surface area contributed by atoms with Gasteiger partial charge in [-0.1, -0.05) is 32.9 Å². The zero-order valence-corrected chi connectivity index (χ0v) is 16.9. The average molecular weight is 367 g/mol. The van der Waals surface area contributed by atoms with Crippen molar-refractivity contribution in [1.29, 1.82) is 0 Å². The van der Waals surface area contributed by atoms with E-state index < -0.39 is 0 Å². The number of amides is 1. The SMILES string of the molecule is CCC(C)C(=O)c1ccc(C(=O)Nc2ccc(NC(C)(C)CC)cc2)cc1. The van der Waals surface area contributed by atoms with Gasteiger partial charge < -0.3 is 10.6 Å². The van der Waals surface area contributed by atoms with Crippen LogP contribution in [0, 0.1) is 5.92 Å². The Balaban J connectivity index is 2.01. The number of hydrogen-bond acceptors (Lipinski definition) is 3. The van der Waals surface area contributed by atoms with E-state index in [1.54, 1.807) is 24.3 Å². The van der Waals surface area contributed by atoms with Gasteiger partial charge in [0.2, 0.25) is 0 Å². The van der Waals surface area contributed by atoms with Crippen LogP contribution in [-0.4, -0.2) is 17.2 Å². The van der Waals surface area contributed by atoms with Gasteiger partial charge in [0.1, 0.15) is 0 Å². The second kappa shape index (κ2) is 8.85. The Hall–Kier alpha value is -2.62. The molecule has 0 aliphatic rings. The lowest BCUT2D eigenvalue weighted by Crippen LogP contribution is -2.29. The molecule has 2 N–H and O–H groups in total. The molecule has 144 valence electrons. The Kier molecular flexibility index (Phi) is 6.78. The minimum Gasteiger partial charge on any atom is -0.380 e. The van der Waals surface area contributed by atoms with E-state index in [1.807, 2.05) is 38.1 Å². The number of ketones is 1. The van der Waals surface area contributed by atoms with Crippen molar-refractivity contribution in [3.05, 3.63) is 59.7 Å². The van der Waals surface area contributed by atoms with E-state index in [9.17, 15) is 9.59 Å². The third-order valence-corrected chi connectivity index (χ3v) is 5.00. The Morgan fingerprint density at radius 1 is 0.889 bits per heavy atom.